The van der Waals surface area contributed by atoms with Gasteiger partial charge in [-0.1, -0.05) is 38.3 Å². The molecule has 0 aromatic heterocycles. The molecule has 0 saturated carbocycles. The number of aliphatic hydroxyl groups is 1. The summed E-state index contributed by atoms with van der Waals surface area (Å²) in [6.45, 7) is 3.04. The molecule has 1 aromatic carbocycles. The lowest BCUT2D eigenvalue weighted by atomic mass is 10.1. The molecule has 1 fully saturated rings. The monoisotopic (exact) mass is 311 g/mol. The Morgan fingerprint density at radius 1 is 1.10 bits per heavy atom. The van der Waals surface area contributed by atoms with Gasteiger partial charge in [0.1, 0.15) is 0 Å². The van der Waals surface area contributed by atoms with Crippen LogP contribution in [0.2, 0.25) is 0 Å². The number of aliphatic hydroxyl groups excluding tert-OH is 1. The molecule has 1 aliphatic rings. The largest absolute Gasteiger partial charge is 0.392 e. The van der Waals surface area contributed by atoms with Gasteiger partial charge >= 0.3 is 0 Å². The van der Waals surface area contributed by atoms with Crippen LogP contribution in [0, 0.1) is 0 Å². The number of rotatable bonds is 4. The van der Waals surface area contributed by atoms with Crippen LogP contribution in [0.4, 0.5) is 0 Å². The van der Waals surface area contributed by atoms with E-state index in [1.54, 1.807) is 16.4 Å². The van der Waals surface area contributed by atoms with E-state index in [0.717, 1.165) is 31.2 Å². The molecular formula is C16H25NO3S. The smallest absolute Gasteiger partial charge is 0.243 e. The minimum atomic E-state index is -3.45. The minimum absolute atomic E-state index is 0.132. The van der Waals surface area contributed by atoms with Crippen LogP contribution in [-0.2, 0) is 23.1 Å². The van der Waals surface area contributed by atoms with E-state index in [4.69, 9.17) is 0 Å². The summed E-state index contributed by atoms with van der Waals surface area (Å²) in [4.78, 5) is 0.372. The maximum atomic E-state index is 12.9. The van der Waals surface area contributed by atoms with E-state index < -0.39 is 10.0 Å². The third-order valence-corrected chi connectivity index (χ3v) is 6.11. The van der Waals surface area contributed by atoms with E-state index in [1.165, 1.54) is 6.42 Å². The number of sulfonamides is 1. The van der Waals surface area contributed by atoms with Gasteiger partial charge in [0.05, 0.1) is 11.5 Å². The van der Waals surface area contributed by atoms with E-state index in [2.05, 4.69) is 0 Å². The summed E-state index contributed by atoms with van der Waals surface area (Å²) in [7, 11) is -3.45. The predicted octanol–water partition coefficient (Wildman–Crippen LogP) is 2.70. The molecule has 1 heterocycles. The van der Waals surface area contributed by atoms with Crippen molar-refractivity contribution in [2.45, 2.75) is 57.0 Å². The second-order valence-corrected chi connectivity index (χ2v) is 7.53. The van der Waals surface area contributed by atoms with Gasteiger partial charge in [-0.3, -0.25) is 0 Å². The van der Waals surface area contributed by atoms with Crippen molar-refractivity contribution in [3.63, 3.8) is 0 Å². The Kier molecular flexibility index (Phi) is 5.79. The maximum Gasteiger partial charge on any atom is 0.243 e. The molecule has 1 aliphatic heterocycles. The Morgan fingerprint density at radius 2 is 1.71 bits per heavy atom. The lowest BCUT2D eigenvalue weighted by Crippen LogP contribution is -2.34. The van der Waals surface area contributed by atoms with Gasteiger partial charge in [0.25, 0.3) is 0 Å². The van der Waals surface area contributed by atoms with Crippen LogP contribution in [0.3, 0.4) is 0 Å². The molecule has 21 heavy (non-hydrogen) atoms. The Labute approximate surface area is 127 Å². The molecule has 1 aromatic rings. The van der Waals surface area contributed by atoms with Crippen molar-refractivity contribution in [3.05, 3.63) is 29.3 Å². The molecule has 0 aliphatic carbocycles. The average molecular weight is 311 g/mol. The molecule has 0 atom stereocenters. The SMILES string of the molecule is CCc1ccc(CO)cc1S(=O)(=O)N1CCCCCCC1. The van der Waals surface area contributed by atoms with Gasteiger partial charge in [-0.15, -0.1) is 0 Å². The van der Waals surface area contributed by atoms with Crippen LogP contribution in [0.1, 0.15) is 50.2 Å². The highest BCUT2D eigenvalue weighted by atomic mass is 32.2. The van der Waals surface area contributed by atoms with E-state index in [9.17, 15) is 13.5 Å². The van der Waals surface area contributed by atoms with Crippen molar-refractivity contribution in [3.8, 4) is 0 Å². The Morgan fingerprint density at radius 3 is 2.29 bits per heavy atom. The summed E-state index contributed by atoms with van der Waals surface area (Å²) < 4.78 is 27.5. The van der Waals surface area contributed by atoms with Gasteiger partial charge in [0, 0.05) is 13.1 Å². The predicted molar refractivity (Wildman–Crippen MR) is 83.6 cm³/mol. The fourth-order valence-electron chi connectivity index (χ4n) is 2.83. The molecule has 5 heteroatoms. The molecule has 4 nitrogen and oxygen atoms in total. The highest BCUT2D eigenvalue weighted by Gasteiger charge is 2.26. The first kappa shape index (κ1) is 16.5. The number of hydrogen-bond donors (Lipinski definition) is 1. The van der Waals surface area contributed by atoms with Gasteiger partial charge in [-0.2, -0.15) is 4.31 Å². The fourth-order valence-corrected chi connectivity index (χ4v) is 4.69. The first-order chi connectivity index (χ1) is 10.1. The summed E-state index contributed by atoms with van der Waals surface area (Å²) in [5, 5.41) is 9.28. The van der Waals surface area contributed by atoms with Crippen LogP contribution in [0.5, 0.6) is 0 Å². The third kappa shape index (κ3) is 3.84. The number of benzene rings is 1. The Balaban J connectivity index is 2.36. The summed E-state index contributed by atoms with van der Waals surface area (Å²) >= 11 is 0. The Bertz CT molecular complexity index is 561. The van der Waals surface area contributed by atoms with Crippen molar-refractivity contribution >= 4 is 10.0 Å². The van der Waals surface area contributed by atoms with Crippen molar-refractivity contribution in [1.29, 1.82) is 0 Å². The summed E-state index contributed by atoms with van der Waals surface area (Å²) in [5.41, 5.74) is 1.48. The van der Waals surface area contributed by atoms with Gasteiger partial charge in [-0.05, 0) is 36.5 Å². The zero-order chi connectivity index (χ0) is 15.3. The summed E-state index contributed by atoms with van der Waals surface area (Å²) in [6, 6.07) is 5.25. The zero-order valence-corrected chi connectivity index (χ0v) is 13.5. The first-order valence-electron chi connectivity index (χ1n) is 7.82. The molecule has 1 N–H and O–H groups in total. The van der Waals surface area contributed by atoms with Crippen LogP contribution in [-0.4, -0.2) is 30.9 Å². The highest BCUT2D eigenvalue weighted by Crippen LogP contribution is 2.24. The summed E-state index contributed by atoms with van der Waals surface area (Å²) in [5.74, 6) is 0. The van der Waals surface area contributed by atoms with E-state index in [-0.39, 0.29) is 6.61 Å². The molecule has 1 saturated heterocycles. The Hall–Kier alpha value is -0.910. The second kappa shape index (κ2) is 7.38. The number of hydrogen-bond acceptors (Lipinski definition) is 3. The lowest BCUT2D eigenvalue weighted by molar-refractivity contribution is 0.281. The van der Waals surface area contributed by atoms with Crippen LogP contribution >= 0.6 is 0 Å². The topological polar surface area (TPSA) is 57.6 Å². The molecule has 0 amide bonds. The molecule has 118 valence electrons. The fraction of sp³-hybridized carbons (Fsp3) is 0.625. The standard InChI is InChI=1S/C16H25NO3S/c1-2-15-9-8-14(13-18)12-16(15)21(19,20)17-10-6-4-3-5-7-11-17/h8-9,12,18H,2-7,10-11,13H2,1H3. The van der Waals surface area contributed by atoms with Crippen LogP contribution in [0.25, 0.3) is 0 Å². The number of aryl methyl sites for hydroxylation is 1. The third-order valence-electron chi connectivity index (χ3n) is 4.13. The summed E-state index contributed by atoms with van der Waals surface area (Å²) in [6.07, 6.45) is 5.94. The van der Waals surface area contributed by atoms with Gasteiger partial charge < -0.3 is 5.11 Å². The maximum absolute atomic E-state index is 12.9. The normalized spacial score (nSPS) is 18.2. The zero-order valence-electron chi connectivity index (χ0n) is 12.7. The van der Waals surface area contributed by atoms with Crippen molar-refractivity contribution in [1.82, 2.24) is 4.31 Å². The molecule has 0 bridgehead atoms. The molecule has 0 unspecified atom stereocenters. The van der Waals surface area contributed by atoms with Crippen molar-refractivity contribution < 1.29 is 13.5 Å². The van der Waals surface area contributed by atoms with E-state index >= 15 is 0 Å². The van der Waals surface area contributed by atoms with Crippen molar-refractivity contribution in [2.24, 2.45) is 0 Å². The number of nitrogens with zero attached hydrogens (tertiary/aromatic N) is 1. The van der Waals surface area contributed by atoms with Gasteiger partial charge in [0.2, 0.25) is 10.0 Å². The van der Waals surface area contributed by atoms with E-state index in [0.29, 0.717) is 30.0 Å². The van der Waals surface area contributed by atoms with E-state index in [1.807, 2.05) is 13.0 Å². The van der Waals surface area contributed by atoms with Gasteiger partial charge in [0.15, 0.2) is 0 Å². The lowest BCUT2D eigenvalue weighted by Gasteiger charge is -2.25. The quantitative estimate of drug-likeness (QED) is 0.930. The molecule has 2 rings (SSSR count). The second-order valence-electron chi connectivity index (χ2n) is 5.63. The molecule has 0 radical (unpaired) electrons. The van der Waals surface area contributed by atoms with Crippen molar-refractivity contribution in [2.75, 3.05) is 13.1 Å². The average Bonchev–Trinajstić information content (AvgIpc) is 2.45. The molecular weight excluding hydrogens is 286 g/mol. The van der Waals surface area contributed by atoms with Crippen LogP contribution in [0.15, 0.2) is 23.1 Å². The highest BCUT2D eigenvalue weighted by molar-refractivity contribution is 7.89. The minimum Gasteiger partial charge on any atom is -0.392 e. The first-order valence-corrected chi connectivity index (χ1v) is 9.26. The molecule has 0 spiro atoms. The van der Waals surface area contributed by atoms with Crippen LogP contribution < -0.4 is 0 Å². The van der Waals surface area contributed by atoms with Gasteiger partial charge in [-0.25, -0.2) is 8.42 Å².